The molecule has 0 saturated heterocycles. The Balaban J connectivity index is 3.15. The summed E-state index contributed by atoms with van der Waals surface area (Å²) in [7, 11) is 1.72. The quantitative estimate of drug-likeness (QED) is 0.642. The van der Waals surface area contributed by atoms with Crippen molar-refractivity contribution >= 4 is 0 Å². The molecule has 2 unspecified atom stereocenters. The summed E-state index contributed by atoms with van der Waals surface area (Å²) in [6.45, 7) is 4.87. The Morgan fingerprint density at radius 1 is 1.18 bits per heavy atom. The standard InChI is InChI=1S/C9H20O2/c1-8(6-7-11-3)4-5-9(2)10/h8-10H,4-7H2,1-3H3. The molecular formula is C9H20O2. The molecule has 0 radical (unpaired) electrons. The molecule has 0 fully saturated rings. The number of hydrogen-bond acceptors (Lipinski definition) is 2. The number of methoxy groups -OCH3 is 1. The van der Waals surface area contributed by atoms with Crippen molar-refractivity contribution in [3.63, 3.8) is 0 Å². The number of rotatable bonds is 6. The van der Waals surface area contributed by atoms with E-state index in [0.717, 1.165) is 25.9 Å². The smallest absolute Gasteiger partial charge is 0.0512 e. The van der Waals surface area contributed by atoms with Crippen LogP contribution in [0.4, 0.5) is 0 Å². The van der Waals surface area contributed by atoms with Crippen LogP contribution in [0.2, 0.25) is 0 Å². The highest BCUT2D eigenvalue weighted by molar-refractivity contribution is 4.55. The van der Waals surface area contributed by atoms with Crippen molar-refractivity contribution in [1.29, 1.82) is 0 Å². The van der Waals surface area contributed by atoms with E-state index in [1.165, 1.54) is 0 Å². The van der Waals surface area contributed by atoms with Crippen molar-refractivity contribution in [1.82, 2.24) is 0 Å². The fourth-order valence-corrected chi connectivity index (χ4v) is 0.989. The average Bonchev–Trinajstić information content (AvgIpc) is 1.97. The van der Waals surface area contributed by atoms with Gasteiger partial charge in [-0.1, -0.05) is 6.92 Å². The molecule has 0 rings (SSSR count). The van der Waals surface area contributed by atoms with Gasteiger partial charge in [0.2, 0.25) is 0 Å². The third-order valence-corrected chi connectivity index (χ3v) is 1.89. The molecule has 1 N–H and O–H groups in total. The molecule has 0 saturated carbocycles. The third kappa shape index (κ3) is 7.82. The van der Waals surface area contributed by atoms with Crippen molar-refractivity contribution in [2.75, 3.05) is 13.7 Å². The second kappa shape index (κ2) is 6.62. The Bertz CT molecular complexity index is 81.6. The first-order valence-electron chi connectivity index (χ1n) is 4.33. The molecule has 0 bridgehead atoms. The lowest BCUT2D eigenvalue weighted by Gasteiger charge is -2.11. The second-order valence-corrected chi connectivity index (χ2v) is 3.31. The van der Waals surface area contributed by atoms with Crippen molar-refractivity contribution in [2.24, 2.45) is 5.92 Å². The molecule has 0 aromatic rings. The van der Waals surface area contributed by atoms with Crippen molar-refractivity contribution in [3.05, 3.63) is 0 Å². The molecule has 0 aliphatic carbocycles. The lowest BCUT2D eigenvalue weighted by atomic mass is 10.0. The molecule has 0 heterocycles. The minimum absolute atomic E-state index is 0.153. The van der Waals surface area contributed by atoms with E-state index in [9.17, 15) is 0 Å². The minimum atomic E-state index is -0.153. The van der Waals surface area contributed by atoms with Gasteiger partial charge in [0.15, 0.2) is 0 Å². The zero-order valence-corrected chi connectivity index (χ0v) is 7.84. The summed E-state index contributed by atoms with van der Waals surface area (Å²) in [5.41, 5.74) is 0. The number of aliphatic hydroxyl groups excluding tert-OH is 1. The van der Waals surface area contributed by atoms with Crippen LogP contribution in [0.15, 0.2) is 0 Å². The van der Waals surface area contributed by atoms with E-state index in [4.69, 9.17) is 9.84 Å². The van der Waals surface area contributed by atoms with Gasteiger partial charge < -0.3 is 9.84 Å². The molecule has 2 nitrogen and oxygen atoms in total. The Morgan fingerprint density at radius 2 is 1.82 bits per heavy atom. The van der Waals surface area contributed by atoms with Gasteiger partial charge >= 0.3 is 0 Å². The van der Waals surface area contributed by atoms with Crippen LogP contribution in [0.3, 0.4) is 0 Å². The molecule has 0 aromatic heterocycles. The van der Waals surface area contributed by atoms with E-state index in [2.05, 4.69) is 6.92 Å². The maximum atomic E-state index is 9.00. The normalized spacial score (nSPS) is 16.4. The molecule has 0 amide bonds. The van der Waals surface area contributed by atoms with Gasteiger partial charge in [-0.05, 0) is 32.1 Å². The van der Waals surface area contributed by atoms with Gasteiger partial charge in [0.1, 0.15) is 0 Å². The van der Waals surface area contributed by atoms with E-state index in [1.54, 1.807) is 7.11 Å². The summed E-state index contributed by atoms with van der Waals surface area (Å²) in [5.74, 6) is 0.671. The predicted octanol–water partition coefficient (Wildman–Crippen LogP) is 1.82. The van der Waals surface area contributed by atoms with Crippen LogP contribution >= 0.6 is 0 Å². The van der Waals surface area contributed by atoms with E-state index in [-0.39, 0.29) is 6.10 Å². The number of ether oxygens (including phenoxy) is 1. The summed E-state index contributed by atoms with van der Waals surface area (Å²) in [6.07, 6.45) is 2.95. The van der Waals surface area contributed by atoms with E-state index in [1.807, 2.05) is 6.92 Å². The first kappa shape index (κ1) is 10.9. The van der Waals surface area contributed by atoms with E-state index < -0.39 is 0 Å². The van der Waals surface area contributed by atoms with Crippen molar-refractivity contribution in [3.8, 4) is 0 Å². The highest BCUT2D eigenvalue weighted by Gasteiger charge is 2.03. The van der Waals surface area contributed by atoms with Gasteiger partial charge in [-0.25, -0.2) is 0 Å². The first-order chi connectivity index (χ1) is 5.16. The van der Waals surface area contributed by atoms with Gasteiger partial charge in [0.25, 0.3) is 0 Å². The predicted molar refractivity (Wildman–Crippen MR) is 46.6 cm³/mol. The summed E-state index contributed by atoms with van der Waals surface area (Å²) in [6, 6.07) is 0. The van der Waals surface area contributed by atoms with Crippen LogP contribution < -0.4 is 0 Å². The van der Waals surface area contributed by atoms with Crippen LogP contribution in [0, 0.1) is 5.92 Å². The van der Waals surface area contributed by atoms with Gasteiger partial charge in [-0.2, -0.15) is 0 Å². The number of hydrogen-bond donors (Lipinski definition) is 1. The lowest BCUT2D eigenvalue weighted by Crippen LogP contribution is -2.05. The Kier molecular flexibility index (Phi) is 6.57. The number of aliphatic hydroxyl groups is 1. The molecule has 0 aromatic carbocycles. The highest BCUT2D eigenvalue weighted by atomic mass is 16.5. The summed E-state index contributed by atoms with van der Waals surface area (Å²) in [4.78, 5) is 0. The minimum Gasteiger partial charge on any atom is -0.393 e. The van der Waals surface area contributed by atoms with E-state index >= 15 is 0 Å². The third-order valence-electron chi connectivity index (χ3n) is 1.89. The highest BCUT2D eigenvalue weighted by Crippen LogP contribution is 2.11. The van der Waals surface area contributed by atoms with Crippen LogP contribution in [-0.2, 0) is 4.74 Å². The average molecular weight is 160 g/mol. The molecule has 0 aliphatic rings. The molecule has 0 spiro atoms. The zero-order chi connectivity index (χ0) is 8.69. The van der Waals surface area contributed by atoms with Crippen LogP contribution in [0.1, 0.15) is 33.1 Å². The first-order valence-corrected chi connectivity index (χ1v) is 4.33. The molecule has 2 atom stereocenters. The van der Waals surface area contributed by atoms with Crippen LogP contribution in [0.5, 0.6) is 0 Å². The maximum Gasteiger partial charge on any atom is 0.0512 e. The Hall–Kier alpha value is -0.0800. The molecule has 2 heteroatoms. The van der Waals surface area contributed by atoms with Gasteiger partial charge in [0.05, 0.1) is 6.10 Å². The maximum absolute atomic E-state index is 9.00. The Labute approximate surface area is 69.6 Å². The van der Waals surface area contributed by atoms with Crippen molar-refractivity contribution in [2.45, 2.75) is 39.2 Å². The Morgan fingerprint density at radius 3 is 2.27 bits per heavy atom. The molecule has 11 heavy (non-hydrogen) atoms. The molecular weight excluding hydrogens is 140 g/mol. The summed E-state index contributed by atoms with van der Waals surface area (Å²) < 4.78 is 4.96. The lowest BCUT2D eigenvalue weighted by molar-refractivity contribution is 0.156. The van der Waals surface area contributed by atoms with Crippen LogP contribution in [0.25, 0.3) is 0 Å². The van der Waals surface area contributed by atoms with Gasteiger partial charge in [-0.15, -0.1) is 0 Å². The second-order valence-electron chi connectivity index (χ2n) is 3.31. The van der Waals surface area contributed by atoms with Gasteiger partial charge in [-0.3, -0.25) is 0 Å². The zero-order valence-electron chi connectivity index (χ0n) is 7.84. The molecule has 0 aliphatic heterocycles. The van der Waals surface area contributed by atoms with Crippen molar-refractivity contribution < 1.29 is 9.84 Å². The fraction of sp³-hybridized carbons (Fsp3) is 1.00. The van der Waals surface area contributed by atoms with E-state index in [0.29, 0.717) is 5.92 Å². The monoisotopic (exact) mass is 160 g/mol. The van der Waals surface area contributed by atoms with Gasteiger partial charge in [0, 0.05) is 13.7 Å². The largest absolute Gasteiger partial charge is 0.393 e. The van der Waals surface area contributed by atoms with Crippen LogP contribution in [-0.4, -0.2) is 24.9 Å². The summed E-state index contributed by atoms with van der Waals surface area (Å²) in [5, 5.41) is 9.00. The SMILES string of the molecule is COCCC(C)CCC(C)O. The summed E-state index contributed by atoms with van der Waals surface area (Å²) >= 11 is 0. The topological polar surface area (TPSA) is 29.5 Å². The fourth-order valence-electron chi connectivity index (χ4n) is 0.989. The molecule has 68 valence electrons.